The maximum absolute atomic E-state index is 12.8. The number of carbonyl (C=O) groups excluding carboxylic acids is 1. The normalized spacial score (nSPS) is 13.9. The van der Waals surface area contributed by atoms with Crippen LogP contribution in [0, 0.1) is 0 Å². The van der Waals surface area contributed by atoms with Crippen LogP contribution in [-0.4, -0.2) is 32.6 Å². The van der Waals surface area contributed by atoms with E-state index < -0.39 is 28.1 Å². The summed E-state index contributed by atoms with van der Waals surface area (Å²) >= 11 is 0. The average Bonchev–Trinajstić information content (AvgIpc) is 2.71. The Balaban J connectivity index is 1.94. The summed E-state index contributed by atoms with van der Waals surface area (Å²) in [6.07, 6.45) is -1.39. The predicted octanol–water partition coefficient (Wildman–Crippen LogP) is 2.39. The van der Waals surface area contributed by atoms with Crippen LogP contribution >= 0.6 is 0 Å². The fourth-order valence-electron chi connectivity index (χ4n) is 2.78. The van der Waals surface area contributed by atoms with Crippen molar-refractivity contribution in [2.24, 2.45) is 0 Å². The third kappa shape index (κ3) is 4.16. The van der Waals surface area contributed by atoms with Crippen molar-refractivity contribution in [3.05, 3.63) is 78.4 Å². The summed E-state index contributed by atoms with van der Waals surface area (Å²) in [6.45, 7) is 0. The van der Waals surface area contributed by atoms with E-state index in [2.05, 4.69) is 9.46 Å². The second-order valence-corrected chi connectivity index (χ2v) is 7.70. The van der Waals surface area contributed by atoms with E-state index in [1.807, 2.05) is 18.2 Å². The lowest BCUT2D eigenvalue weighted by molar-refractivity contribution is -0.145. The molecule has 0 aromatic heterocycles. The highest BCUT2D eigenvalue weighted by Crippen LogP contribution is 2.22. The van der Waals surface area contributed by atoms with Crippen LogP contribution in [0.4, 0.5) is 0 Å². The standard InChI is InChI=1S/C20H19NO5S/c1-26-20(23)18(19(22)15-8-3-2-4-9-15)21-27(24,25)17-12-11-14-7-5-6-10-16(14)13-17/h2-13,18-19,21-22H,1H3. The summed E-state index contributed by atoms with van der Waals surface area (Å²) in [7, 11) is -2.93. The number of rotatable bonds is 6. The Morgan fingerprint density at radius 2 is 1.59 bits per heavy atom. The highest BCUT2D eigenvalue weighted by molar-refractivity contribution is 7.89. The molecule has 0 heterocycles. The molecular weight excluding hydrogens is 366 g/mol. The SMILES string of the molecule is COC(=O)C(NS(=O)(=O)c1ccc2ccccc2c1)C(O)c1ccccc1. The number of benzene rings is 3. The van der Waals surface area contributed by atoms with Gasteiger partial charge >= 0.3 is 5.97 Å². The van der Waals surface area contributed by atoms with Crippen molar-refractivity contribution >= 4 is 26.8 Å². The van der Waals surface area contributed by atoms with Crippen LogP contribution in [0.3, 0.4) is 0 Å². The molecular formula is C20H19NO5S. The molecule has 3 aromatic rings. The molecule has 0 spiro atoms. The summed E-state index contributed by atoms with van der Waals surface area (Å²) in [4.78, 5) is 12.1. The Morgan fingerprint density at radius 1 is 0.963 bits per heavy atom. The van der Waals surface area contributed by atoms with E-state index in [-0.39, 0.29) is 4.90 Å². The summed E-state index contributed by atoms with van der Waals surface area (Å²) < 4.78 is 32.6. The number of sulfonamides is 1. The monoisotopic (exact) mass is 385 g/mol. The molecule has 3 aromatic carbocycles. The van der Waals surface area contributed by atoms with Gasteiger partial charge in [-0.1, -0.05) is 60.7 Å². The first-order valence-electron chi connectivity index (χ1n) is 8.24. The molecule has 140 valence electrons. The molecule has 3 rings (SSSR count). The van der Waals surface area contributed by atoms with Crippen LogP contribution < -0.4 is 4.72 Å². The molecule has 0 fully saturated rings. The van der Waals surface area contributed by atoms with Crippen molar-refractivity contribution in [1.29, 1.82) is 0 Å². The van der Waals surface area contributed by atoms with E-state index in [0.717, 1.165) is 17.9 Å². The Hall–Kier alpha value is -2.74. The molecule has 0 aliphatic rings. The van der Waals surface area contributed by atoms with Gasteiger partial charge in [-0.05, 0) is 28.5 Å². The number of carbonyl (C=O) groups is 1. The van der Waals surface area contributed by atoms with E-state index in [1.165, 1.54) is 12.1 Å². The molecule has 0 saturated carbocycles. The van der Waals surface area contributed by atoms with Crippen molar-refractivity contribution in [2.75, 3.05) is 7.11 Å². The van der Waals surface area contributed by atoms with Gasteiger partial charge in [-0.25, -0.2) is 8.42 Å². The van der Waals surface area contributed by atoms with Gasteiger partial charge in [0.2, 0.25) is 10.0 Å². The van der Waals surface area contributed by atoms with E-state index in [0.29, 0.717) is 5.56 Å². The molecule has 2 atom stereocenters. The fourth-order valence-corrected chi connectivity index (χ4v) is 4.01. The average molecular weight is 385 g/mol. The van der Waals surface area contributed by atoms with Gasteiger partial charge in [0.25, 0.3) is 0 Å². The third-order valence-corrected chi connectivity index (χ3v) is 5.66. The Labute approximate surface area is 157 Å². The number of hydrogen-bond donors (Lipinski definition) is 2. The number of esters is 1. The van der Waals surface area contributed by atoms with Gasteiger partial charge in [0.1, 0.15) is 12.1 Å². The van der Waals surface area contributed by atoms with Crippen molar-refractivity contribution < 1.29 is 23.1 Å². The Morgan fingerprint density at radius 3 is 2.26 bits per heavy atom. The molecule has 2 unspecified atom stereocenters. The number of fused-ring (bicyclic) bond motifs is 1. The van der Waals surface area contributed by atoms with Gasteiger partial charge in [-0.2, -0.15) is 4.72 Å². The summed E-state index contributed by atoms with van der Waals surface area (Å²) in [5.74, 6) is -0.879. The molecule has 2 N–H and O–H groups in total. The molecule has 6 nitrogen and oxygen atoms in total. The van der Waals surface area contributed by atoms with Crippen molar-refractivity contribution in [3.63, 3.8) is 0 Å². The van der Waals surface area contributed by atoms with Crippen LogP contribution in [-0.2, 0) is 19.6 Å². The minimum Gasteiger partial charge on any atom is -0.468 e. The van der Waals surface area contributed by atoms with Crippen molar-refractivity contribution in [1.82, 2.24) is 4.72 Å². The molecule has 7 heteroatoms. The first-order chi connectivity index (χ1) is 12.9. The summed E-state index contributed by atoms with van der Waals surface area (Å²) in [5.41, 5.74) is 0.397. The van der Waals surface area contributed by atoms with Gasteiger partial charge < -0.3 is 9.84 Å². The minimum absolute atomic E-state index is 0.00429. The van der Waals surface area contributed by atoms with Crippen molar-refractivity contribution in [3.8, 4) is 0 Å². The number of aliphatic hydroxyl groups excluding tert-OH is 1. The fraction of sp³-hybridized carbons (Fsp3) is 0.150. The van der Waals surface area contributed by atoms with Crippen LogP contribution in [0.15, 0.2) is 77.7 Å². The molecule has 0 aliphatic heterocycles. The maximum Gasteiger partial charge on any atom is 0.326 e. The van der Waals surface area contributed by atoms with Crippen LogP contribution in [0.1, 0.15) is 11.7 Å². The second kappa shape index (κ2) is 7.87. The zero-order valence-electron chi connectivity index (χ0n) is 14.6. The lowest BCUT2D eigenvalue weighted by Gasteiger charge is -2.22. The quantitative estimate of drug-likeness (QED) is 0.636. The molecule has 0 bridgehead atoms. The number of aliphatic hydroxyl groups is 1. The van der Waals surface area contributed by atoms with Crippen LogP contribution in [0.25, 0.3) is 10.8 Å². The smallest absolute Gasteiger partial charge is 0.326 e. The van der Waals surface area contributed by atoms with Gasteiger partial charge in [0.05, 0.1) is 12.0 Å². The van der Waals surface area contributed by atoms with Gasteiger partial charge in [-0.15, -0.1) is 0 Å². The minimum atomic E-state index is -4.07. The van der Waals surface area contributed by atoms with Crippen LogP contribution in [0.2, 0.25) is 0 Å². The zero-order valence-corrected chi connectivity index (χ0v) is 15.4. The predicted molar refractivity (Wildman–Crippen MR) is 101 cm³/mol. The largest absolute Gasteiger partial charge is 0.468 e. The molecule has 0 saturated heterocycles. The highest BCUT2D eigenvalue weighted by Gasteiger charge is 2.33. The first-order valence-corrected chi connectivity index (χ1v) is 9.72. The summed E-state index contributed by atoms with van der Waals surface area (Å²) in [6, 6.07) is 18.8. The lowest BCUT2D eigenvalue weighted by atomic mass is 10.0. The second-order valence-electron chi connectivity index (χ2n) is 5.99. The Bertz CT molecular complexity index is 1050. The van der Waals surface area contributed by atoms with E-state index in [4.69, 9.17) is 0 Å². The van der Waals surface area contributed by atoms with Crippen LogP contribution in [0.5, 0.6) is 0 Å². The lowest BCUT2D eigenvalue weighted by Crippen LogP contribution is -2.45. The van der Waals surface area contributed by atoms with Gasteiger partial charge in [-0.3, -0.25) is 4.79 Å². The number of ether oxygens (including phenoxy) is 1. The van der Waals surface area contributed by atoms with Crippen molar-refractivity contribution in [2.45, 2.75) is 17.0 Å². The van der Waals surface area contributed by atoms with E-state index in [9.17, 15) is 18.3 Å². The van der Waals surface area contributed by atoms with E-state index in [1.54, 1.807) is 42.5 Å². The number of methoxy groups -OCH3 is 1. The number of hydrogen-bond acceptors (Lipinski definition) is 5. The highest BCUT2D eigenvalue weighted by atomic mass is 32.2. The van der Waals surface area contributed by atoms with E-state index >= 15 is 0 Å². The number of nitrogens with one attached hydrogen (secondary N) is 1. The molecule has 0 radical (unpaired) electrons. The third-order valence-electron chi connectivity index (χ3n) is 4.23. The van der Waals surface area contributed by atoms with Gasteiger partial charge in [0, 0.05) is 0 Å². The molecule has 27 heavy (non-hydrogen) atoms. The van der Waals surface area contributed by atoms with Gasteiger partial charge in [0.15, 0.2) is 0 Å². The first kappa shape index (κ1) is 19.0. The topological polar surface area (TPSA) is 92.7 Å². The Kier molecular flexibility index (Phi) is 5.55. The zero-order chi connectivity index (χ0) is 19.4. The molecule has 0 aliphatic carbocycles. The maximum atomic E-state index is 12.8. The summed E-state index contributed by atoms with van der Waals surface area (Å²) in [5, 5.41) is 12.2. The molecule has 0 amide bonds.